The zero-order valence-corrected chi connectivity index (χ0v) is 6.13. The van der Waals surface area contributed by atoms with Crippen molar-refractivity contribution in [2.75, 3.05) is 7.05 Å². The lowest BCUT2D eigenvalue weighted by Gasteiger charge is -2.46. The Labute approximate surface area is 60.2 Å². The topological polar surface area (TPSA) is 46.3 Å². The SMILES string of the molecule is CN1C2CCC1(C(N)=O)C2. The van der Waals surface area contributed by atoms with Crippen molar-refractivity contribution in [3.8, 4) is 0 Å². The minimum Gasteiger partial charge on any atom is -0.368 e. The largest absolute Gasteiger partial charge is 0.368 e. The number of fused-ring (bicyclic) bond motifs is 1. The van der Waals surface area contributed by atoms with E-state index in [-0.39, 0.29) is 11.4 Å². The van der Waals surface area contributed by atoms with Crippen molar-refractivity contribution in [2.45, 2.75) is 30.8 Å². The number of amides is 1. The summed E-state index contributed by atoms with van der Waals surface area (Å²) in [6.07, 6.45) is 3.13. The fourth-order valence-electron chi connectivity index (χ4n) is 2.28. The summed E-state index contributed by atoms with van der Waals surface area (Å²) >= 11 is 0. The standard InChI is InChI=1S/C7H12N2O/c1-9-5-2-3-7(9,4-5)6(8)10/h5H,2-4H2,1H3,(H2,8,10). The zero-order valence-electron chi connectivity index (χ0n) is 6.13. The van der Waals surface area contributed by atoms with Crippen LogP contribution < -0.4 is 5.73 Å². The zero-order chi connectivity index (χ0) is 7.35. The molecule has 0 radical (unpaired) electrons. The maximum atomic E-state index is 11.0. The number of hydrogen-bond donors (Lipinski definition) is 1. The molecule has 0 aromatic rings. The van der Waals surface area contributed by atoms with E-state index in [1.807, 2.05) is 7.05 Å². The number of hydrogen-bond acceptors (Lipinski definition) is 2. The van der Waals surface area contributed by atoms with Gasteiger partial charge in [0, 0.05) is 6.04 Å². The lowest BCUT2D eigenvalue weighted by molar-refractivity contribution is -0.136. The molecular formula is C7H12N2O. The van der Waals surface area contributed by atoms with Gasteiger partial charge >= 0.3 is 0 Å². The van der Waals surface area contributed by atoms with Gasteiger partial charge in [-0.3, -0.25) is 9.69 Å². The summed E-state index contributed by atoms with van der Waals surface area (Å²) < 4.78 is 0. The molecule has 2 atom stereocenters. The Morgan fingerprint density at radius 2 is 2.50 bits per heavy atom. The summed E-state index contributed by atoms with van der Waals surface area (Å²) in [6.45, 7) is 0. The van der Waals surface area contributed by atoms with Gasteiger partial charge in [0.2, 0.25) is 5.91 Å². The second kappa shape index (κ2) is 1.53. The first-order valence-corrected chi connectivity index (χ1v) is 3.70. The summed E-state index contributed by atoms with van der Waals surface area (Å²) in [4.78, 5) is 13.1. The summed E-state index contributed by atoms with van der Waals surface area (Å²) in [5.41, 5.74) is 5.05. The maximum Gasteiger partial charge on any atom is 0.238 e. The Balaban J connectivity index is 2.25. The monoisotopic (exact) mass is 140 g/mol. The van der Waals surface area contributed by atoms with E-state index in [0.717, 1.165) is 19.3 Å². The molecule has 3 aliphatic rings. The van der Waals surface area contributed by atoms with E-state index in [9.17, 15) is 4.79 Å². The van der Waals surface area contributed by atoms with Gasteiger partial charge in [-0.15, -0.1) is 0 Å². The van der Waals surface area contributed by atoms with Crippen molar-refractivity contribution in [3.05, 3.63) is 0 Å². The van der Waals surface area contributed by atoms with Crippen LogP contribution in [-0.4, -0.2) is 29.4 Å². The molecule has 1 amide bonds. The van der Waals surface area contributed by atoms with Gasteiger partial charge in [0.05, 0.1) is 0 Å². The quantitative estimate of drug-likeness (QED) is 0.544. The third-order valence-electron chi connectivity index (χ3n) is 3.15. The van der Waals surface area contributed by atoms with E-state index in [1.54, 1.807) is 0 Å². The highest BCUT2D eigenvalue weighted by Gasteiger charge is 2.58. The molecule has 0 spiro atoms. The first-order chi connectivity index (χ1) is 4.67. The first kappa shape index (κ1) is 6.16. The number of likely N-dealkylation sites (N-methyl/N-ethyl adjacent to an activating group) is 1. The molecule has 0 aromatic carbocycles. The van der Waals surface area contributed by atoms with Crippen LogP contribution in [0.4, 0.5) is 0 Å². The molecule has 2 heterocycles. The molecule has 10 heavy (non-hydrogen) atoms. The minimum absolute atomic E-state index is 0.135. The number of primary amides is 1. The highest BCUT2D eigenvalue weighted by Crippen LogP contribution is 2.48. The average molecular weight is 140 g/mol. The Hall–Kier alpha value is -0.570. The molecule has 56 valence electrons. The average Bonchev–Trinajstić information content (AvgIpc) is 2.41. The number of carbonyl (C=O) groups is 1. The van der Waals surface area contributed by atoms with E-state index in [0.29, 0.717) is 6.04 Å². The highest BCUT2D eigenvalue weighted by molar-refractivity contribution is 5.86. The molecule has 2 saturated heterocycles. The van der Waals surface area contributed by atoms with Gasteiger partial charge in [0.15, 0.2) is 0 Å². The smallest absolute Gasteiger partial charge is 0.238 e. The molecule has 3 nitrogen and oxygen atoms in total. The van der Waals surface area contributed by atoms with Gasteiger partial charge < -0.3 is 5.73 Å². The molecule has 1 saturated carbocycles. The summed E-state index contributed by atoms with van der Waals surface area (Å²) in [6, 6.07) is 0.646. The number of carbonyl (C=O) groups excluding carboxylic acids is 1. The van der Waals surface area contributed by atoms with Gasteiger partial charge in [-0.2, -0.15) is 0 Å². The summed E-state index contributed by atoms with van der Waals surface area (Å²) in [5.74, 6) is -0.135. The third kappa shape index (κ3) is 0.440. The Morgan fingerprint density at radius 3 is 2.70 bits per heavy atom. The molecular weight excluding hydrogens is 128 g/mol. The van der Waals surface area contributed by atoms with Crippen molar-refractivity contribution in [3.63, 3.8) is 0 Å². The third-order valence-corrected chi connectivity index (χ3v) is 3.15. The number of rotatable bonds is 1. The molecule has 3 heteroatoms. The molecule has 1 aliphatic carbocycles. The van der Waals surface area contributed by atoms with Crippen molar-refractivity contribution in [2.24, 2.45) is 5.73 Å². The Bertz CT molecular complexity index is 188. The van der Waals surface area contributed by atoms with Crippen molar-refractivity contribution < 1.29 is 4.79 Å². The van der Waals surface area contributed by atoms with Crippen molar-refractivity contribution in [1.82, 2.24) is 4.90 Å². The van der Waals surface area contributed by atoms with E-state index >= 15 is 0 Å². The summed E-state index contributed by atoms with van der Waals surface area (Å²) in [5, 5.41) is 0. The molecule has 3 rings (SSSR count). The van der Waals surface area contributed by atoms with Gasteiger partial charge in [0.1, 0.15) is 5.54 Å². The van der Waals surface area contributed by atoms with Gasteiger partial charge in [-0.1, -0.05) is 0 Å². The Kier molecular flexibility index (Phi) is 0.944. The van der Waals surface area contributed by atoms with Crippen LogP contribution >= 0.6 is 0 Å². The van der Waals surface area contributed by atoms with Crippen LogP contribution in [0, 0.1) is 0 Å². The lowest BCUT2D eigenvalue weighted by atomic mass is 9.87. The van der Waals surface area contributed by atoms with Crippen LogP contribution in [0.3, 0.4) is 0 Å². The Morgan fingerprint density at radius 1 is 1.80 bits per heavy atom. The van der Waals surface area contributed by atoms with E-state index in [4.69, 9.17) is 5.73 Å². The van der Waals surface area contributed by atoms with Crippen LogP contribution in [-0.2, 0) is 4.79 Å². The molecule has 2 N–H and O–H groups in total. The predicted molar refractivity (Wildman–Crippen MR) is 37.3 cm³/mol. The molecule has 0 aromatic heterocycles. The normalized spacial score (nSPS) is 45.1. The van der Waals surface area contributed by atoms with Gasteiger partial charge in [-0.25, -0.2) is 0 Å². The van der Waals surface area contributed by atoms with Crippen LogP contribution in [0.1, 0.15) is 19.3 Å². The van der Waals surface area contributed by atoms with E-state index in [1.165, 1.54) is 0 Å². The number of nitrogens with two attached hydrogens (primary N) is 1. The molecule has 2 aliphatic heterocycles. The van der Waals surface area contributed by atoms with Crippen LogP contribution in [0.2, 0.25) is 0 Å². The van der Waals surface area contributed by atoms with Crippen LogP contribution in [0.5, 0.6) is 0 Å². The number of nitrogens with zero attached hydrogens (tertiary/aromatic N) is 1. The second-order valence-corrected chi connectivity index (χ2v) is 3.40. The molecule has 2 bridgehead atoms. The highest BCUT2D eigenvalue weighted by atomic mass is 16.2. The molecule has 2 unspecified atom stereocenters. The lowest BCUT2D eigenvalue weighted by Crippen LogP contribution is -2.63. The van der Waals surface area contributed by atoms with Crippen molar-refractivity contribution >= 4 is 5.91 Å². The van der Waals surface area contributed by atoms with E-state index < -0.39 is 0 Å². The minimum atomic E-state index is -0.231. The van der Waals surface area contributed by atoms with Crippen molar-refractivity contribution in [1.29, 1.82) is 0 Å². The van der Waals surface area contributed by atoms with Crippen LogP contribution in [0.15, 0.2) is 0 Å². The first-order valence-electron chi connectivity index (χ1n) is 3.70. The summed E-state index contributed by atoms with van der Waals surface area (Å²) in [7, 11) is 1.99. The van der Waals surface area contributed by atoms with Gasteiger partial charge in [0.25, 0.3) is 0 Å². The second-order valence-electron chi connectivity index (χ2n) is 3.40. The predicted octanol–water partition coefficient (Wildman–Crippen LogP) is -0.292. The van der Waals surface area contributed by atoms with Crippen LogP contribution in [0.25, 0.3) is 0 Å². The van der Waals surface area contributed by atoms with Gasteiger partial charge in [-0.05, 0) is 26.3 Å². The fraction of sp³-hybridized carbons (Fsp3) is 0.857. The van der Waals surface area contributed by atoms with E-state index in [2.05, 4.69) is 4.90 Å². The maximum absolute atomic E-state index is 11.0. The fourth-order valence-corrected chi connectivity index (χ4v) is 2.28. The molecule has 3 fully saturated rings.